The highest BCUT2D eigenvalue weighted by Gasteiger charge is 2.32. The summed E-state index contributed by atoms with van der Waals surface area (Å²) in [7, 11) is 1.86. The number of amides is 1. The van der Waals surface area contributed by atoms with Gasteiger partial charge in [0.05, 0.1) is 18.2 Å². The molecule has 2 aliphatic heterocycles. The highest BCUT2D eigenvalue weighted by Crippen LogP contribution is 2.29. The lowest BCUT2D eigenvalue weighted by Gasteiger charge is -2.45. The number of carbonyl (C=O) groups is 1. The number of ether oxygens (including phenoxy) is 1. The number of halogens is 1. The van der Waals surface area contributed by atoms with Crippen LogP contribution in [-0.2, 0) is 17.6 Å². The molecule has 5 rings (SSSR count). The van der Waals surface area contributed by atoms with Crippen LogP contribution in [-0.4, -0.2) is 86.2 Å². The van der Waals surface area contributed by atoms with E-state index in [0.29, 0.717) is 23.7 Å². The van der Waals surface area contributed by atoms with Crippen molar-refractivity contribution in [2.45, 2.75) is 50.5 Å². The number of rotatable bonds is 8. The summed E-state index contributed by atoms with van der Waals surface area (Å²) in [6.07, 6.45) is 5.98. The van der Waals surface area contributed by atoms with E-state index in [9.17, 15) is 14.4 Å². The van der Waals surface area contributed by atoms with Crippen LogP contribution in [0.25, 0.3) is 0 Å². The van der Waals surface area contributed by atoms with Crippen molar-refractivity contribution in [2.75, 3.05) is 59.5 Å². The average molecular weight is 519 g/mol. The van der Waals surface area contributed by atoms with Gasteiger partial charge < -0.3 is 14.5 Å². The van der Waals surface area contributed by atoms with Gasteiger partial charge in [-0.3, -0.25) is 9.69 Å². The van der Waals surface area contributed by atoms with E-state index in [0.717, 1.165) is 101 Å². The van der Waals surface area contributed by atoms with Crippen LogP contribution in [0.4, 0.5) is 4.39 Å². The van der Waals surface area contributed by atoms with Gasteiger partial charge in [-0.1, -0.05) is 12.1 Å². The maximum atomic E-state index is 13.7. The fourth-order valence-corrected chi connectivity index (χ4v) is 6.27. The number of aryl methyl sites for hydroxylation is 1. The second kappa shape index (κ2) is 12.4. The minimum atomic E-state index is -0.246. The van der Waals surface area contributed by atoms with Gasteiger partial charge in [-0.25, -0.2) is 4.39 Å². The van der Waals surface area contributed by atoms with Crippen LogP contribution < -0.4 is 0 Å². The van der Waals surface area contributed by atoms with E-state index in [1.54, 1.807) is 11.0 Å². The molecule has 2 aromatic rings. The van der Waals surface area contributed by atoms with E-state index in [1.165, 1.54) is 12.1 Å². The van der Waals surface area contributed by atoms with Gasteiger partial charge in [-0.2, -0.15) is 5.26 Å². The number of likely N-dealkylation sites (N-methyl/N-ethyl adjacent to an activating group) is 1. The fraction of sp³-hybridized carbons (Fsp3) is 0.548. The predicted octanol–water partition coefficient (Wildman–Crippen LogP) is 4.23. The van der Waals surface area contributed by atoms with Crippen LogP contribution >= 0.6 is 0 Å². The zero-order chi connectivity index (χ0) is 26.5. The minimum absolute atomic E-state index is 0.0280. The van der Waals surface area contributed by atoms with E-state index in [1.807, 2.05) is 25.2 Å². The Bertz CT molecular complexity index is 1150. The highest BCUT2D eigenvalue weighted by molar-refractivity contribution is 5.96. The molecule has 0 bridgehead atoms. The molecular formula is C31H39FN4O2. The van der Waals surface area contributed by atoms with Crippen molar-refractivity contribution in [3.05, 3.63) is 70.0 Å². The first-order chi connectivity index (χ1) is 18.5. The van der Waals surface area contributed by atoms with Gasteiger partial charge >= 0.3 is 0 Å². The van der Waals surface area contributed by atoms with Gasteiger partial charge in [0, 0.05) is 63.9 Å². The molecule has 7 heteroatoms. The van der Waals surface area contributed by atoms with Crippen molar-refractivity contribution < 1.29 is 13.9 Å². The summed E-state index contributed by atoms with van der Waals surface area (Å²) in [6, 6.07) is 13.3. The van der Waals surface area contributed by atoms with E-state index in [-0.39, 0.29) is 17.6 Å². The molecular weight excluding hydrogens is 479 g/mol. The van der Waals surface area contributed by atoms with Crippen LogP contribution in [0, 0.1) is 17.1 Å². The maximum Gasteiger partial charge on any atom is 0.253 e. The van der Waals surface area contributed by atoms with Crippen LogP contribution in [0.3, 0.4) is 0 Å². The summed E-state index contributed by atoms with van der Waals surface area (Å²) in [6.45, 7) is 7.45. The molecule has 2 heterocycles. The van der Waals surface area contributed by atoms with Crippen LogP contribution in [0.2, 0.25) is 0 Å². The highest BCUT2D eigenvalue weighted by atomic mass is 19.1. The number of fused-ring (bicyclic) bond motifs is 1. The lowest BCUT2D eigenvalue weighted by molar-refractivity contribution is 0.0295. The SMILES string of the molecule is CN(CC(CCN1CC(N2CCCOCC2)C1)c1ccc(F)cc1)C(=O)c1cc(C#N)cc2c1CCCC2. The number of nitrogens with zero attached hydrogens (tertiary/aromatic N) is 4. The second-order valence-electron chi connectivity index (χ2n) is 11.1. The van der Waals surface area contributed by atoms with Crippen LogP contribution in [0.15, 0.2) is 36.4 Å². The van der Waals surface area contributed by atoms with Crippen molar-refractivity contribution in [1.82, 2.24) is 14.7 Å². The Labute approximate surface area is 226 Å². The summed E-state index contributed by atoms with van der Waals surface area (Å²) in [5.41, 5.74) is 4.54. The summed E-state index contributed by atoms with van der Waals surface area (Å²) >= 11 is 0. The van der Waals surface area contributed by atoms with Crippen LogP contribution in [0.1, 0.15) is 64.2 Å². The molecule has 3 aliphatic rings. The lowest BCUT2D eigenvalue weighted by atomic mass is 9.86. The third-order valence-corrected chi connectivity index (χ3v) is 8.51. The molecule has 6 nitrogen and oxygen atoms in total. The van der Waals surface area contributed by atoms with Gasteiger partial charge in [0.25, 0.3) is 5.91 Å². The second-order valence-corrected chi connectivity index (χ2v) is 11.1. The molecule has 1 unspecified atom stereocenters. The summed E-state index contributed by atoms with van der Waals surface area (Å²) in [5.74, 6) is -0.172. The largest absolute Gasteiger partial charge is 0.380 e. The molecule has 0 aromatic heterocycles. The normalized spacial score (nSPS) is 19.6. The molecule has 2 fully saturated rings. The van der Waals surface area contributed by atoms with Gasteiger partial charge in [-0.15, -0.1) is 0 Å². The number of likely N-dealkylation sites (tertiary alicyclic amines) is 1. The van der Waals surface area contributed by atoms with Crippen molar-refractivity contribution in [3.8, 4) is 6.07 Å². The first kappa shape index (κ1) is 26.8. The predicted molar refractivity (Wildman–Crippen MR) is 146 cm³/mol. The molecule has 202 valence electrons. The van der Waals surface area contributed by atoms with Gasteiger partial charge in [0.1, 0.15) is 5.82 Å². The van der Waals surface area contributed by atoms with E-state index >= 15 is 0 Å². The van der Waals surface area contributed by atoms with Gasteiger partial charge in [-0.05, 0) is 86.0 Å². The maximum absolute atomic E-state index is 13.7. The first-order valence-corrected chi connectivity index (χ1v) is 14.1. The number of benzene rings is 2. The van der Waals surface area contributed by atoms with E-state index in [2.05, 4.69) is 15.9 Å². The molecule has 2 saturated heterocycles. The Hall–Kier alpha value is -2.79. The fourth-order valence-electron chi connectivity index (χ4n) is 6.27. The Morgan fingerprint density at radius 1 is 1.13 bits per heavy atom. The number of carbonyl (C=O) groups excluding carboxylic acids is 1. The summed E-state index contributed by atoms with van der Waals surface area (Å²) < 4.78 is 19.3. The number of hydrogen-bond acceptors (Lipinski definition) is 5. The summed E-state index contributed by atoms with van der Waals surface area (Å²) in [5, 5.41) is 9.55. The number of nitriles is 1. The number of hydrogen-bond donors (Lipinski definition) is 0. The summed E-state index contributed by atoms with van der Waals surface area (Å²) in [4.78, 5) is 20.5. The topological polar surface area (TPSA) is 59.8 Å². The first-order valence-electron chi connectivity index (χ1n) is 14.1. The molecule has 0 N–H and O–H groups in total. The Kier molecular flexibility index (Phi) is 8.73. The lowest BCUT2D eigenvalue weighted by Crippen LogP contribution is -2.60. The average Bonchev–Trinajstić information content (AvgIpc) is 3.20. The zero-order valence-electron chi connectivity index (χ0n) is 22.5. The van der Waals surface area contributed by atoms with Gasteiger partial charge in [0.2, 0.25) is 0 Å². The molecule has 38 heavy (non-hydrogen) atoms. The smallest absolute Gasteiger partial charge is 0.253 e. The molecule has 1 atom stereocenters. The molecule has 2 aromatic carbocycles. The monoisotopic (exact) mass is 518 g/mol. The van der Waals surface area contributed by atoms with Gasteiger partial charge in [0.15, 0.2) is 0 Å². The van der Waals surface area contributed by atoms with E-state index < -0.39 is 0 Å². The minimum Gasteiger partial charge on any atom is -0.380 e. The molecule has 0 saturated carbocycles. The molecule has 1 amide bonds. The Balaban J connectivity index is 1.25. The third-order valence-electron chi connectivity index (χ3n) is 8.51. The van der Waals surface area contributed by atoms with Crippen molar-refractivity contribution in [1.29, 1.82) is 5.26 Å². The third kappa shape index (κ3) is 6.26. The van der Waals surface area contributed by atoms with Crippen LogP contribution in [0.5, 0.6) is 0 Å². The van der Waals surface area contributed by atoms with E-state index in [4.69, 9.17) is 4.74 Å². The standard InChI is InChI=1S/C31H39FN4O2/c1-34(31(37)30-18-23(19-33)17-25-5-2-3-6-29(25)30)20-26(24-7-9-27(32)10-8-24)11-13-35-21-28(22-35)36-12-4-15-38-16-14-36/h7-10,17-18,26,28H,2-6,11-16,20-22H2,1H3. The quantitative estimate of drug-likeness (QED) is 0.524. The van der Waals surface area contributed by atoms with Crippen molar-refractivity contribution in [2.24, 2.45) is 0 Å². The molecule has 1 aliphatic carbocycles. The Morgan fingerprint density at radius 2 is 1.92 bits per heavy atom. The van der Waals surface area contributed by atoms with Crippen molar-refractivity contribution >= 4 is 5.91 Å². The zero-order valence-corrected chi connectivity index (χ0v) is 22.5. The van der Waals surface area contributed by atoms with Crippen molar-refractivity contribution in [3.63, 3.8) is 0 Å². The molecule has 0 radical (unpaired) electrons. The Morgan fingerprint density at radius 3 is 2.71 bits per heavy atom. The molecule has 0 spiro atoms.